The van der Waals surface area contributed by atoms with Crippen LogP contribution in [0.2, 0.25) is 0 Å². The van der Waals surface area contributed by atoms with E-state index < -0.39 is 5.60 Å². The summed E-state index contributed by atoms with van der Waals surface area (Å²) in [6.45, 7) is 8.56. The molecule has 4 nitrogen and oxygen atoms in total. The van der Waals surface area contributed by atoms with Crippen molar-refractivity contribution in [1.82, 2.24) is 10.2 Å². The minimum Gasteiger partial charge on any atom is -0.390 e. The van der Waals surface area contributed by atoms with E-state index in [9.17, 15) is 9.90 Å². The third-order valence-corrected chi connectivity index (χ3v) is 4.12. The molecule has 0 aliphatic heterocycles. The van der Waals surface area contributed by atoms with E-state index in [1.54, 1.807) is 13.8 Å². The van der Waals surface area contributed by atoms with Gasteiger partial charge < -0.3 is 15.3 Å². The van der Waals surface area contributed by atoms with Crippen LogP contribution in [0.5, 0.6) is 0 Å². The maximum Gasteiger partial charge on any atom is 0.251 e. The Balaban J connectivity index is 2.66. The van der Waals surface area contributed by atoms with Gasteiger partial charge in [0.05, 0.1) is 5.60 Å². The molecule has 1 atom stereocenters. The average molecular weight is 320 g/mol. The van der Waals surface area contributed by atoms with Crippen LogP contribution in [0.4, 0.5) is 0 Å². The first-order valence-corrected chi connectivity index (χ1v) is 8.36. The molecule has 0 aliphatic carbocycles. The number of carbonyl (C=O) groups excluding carboxylic acids is 1. The Bertz CT molecular complexity index is 496. The third kappa shape index (κ3) is 7.14. The summed E-state index contributed by atoms with van der Waals surface area (Å²) in [5.74, 6) is 0.436. The van der Waals surface area contributed by atoms with Gasteiger partial charge in [0.2, 0.25) is 0 Å². The molecule has 0 saturated carbocycles. The average Bonchev–Trinajstić information content (AvgIpc) is 2.44. The van der Waals surface area contributed by atoms with Crippen LogP contribution in [0.1, 0.15) is 50.0 Å². The molecule has 23 heavy (non-hydrogen) atoms. The fourth-order valence-electron chi connectivity index (χ4n) is 2.63. The first-order chi connectivity index (χ1) is 10.6. The Kier molecular flexibility index (Phi) is 7.23. The van der Waals surface area contributed by atoms with Crippen molar-refractivity contribution in [3.8, 4) is 0 Å². The summed E-state index contributed by atoms with van der Waals surface area (Å²) >= 11 is 0. The van der Waals surface area contributed by atoms with E-state index in [2.05, 4.69) is 24.1 Å². The van der Waals surface area contributed by atoms with E-state index in [1.165, 1.54) is 0 Å². The van der Waals surface area contributed by atoms with Crippen LogP contribution in [0.15, 0.2) is 24.3 Å². The molecule has 2 N–H and O–H groups in total. The normalized spacial score (nSPS) is 13.4. The minimum absolute atomic E-state index is 0.0393. The van der Waals surface area contributed by atoms with E-state index in [0.29, 0.717) is 30.5 Å². The lowest BCUT2D eigenvalue weighted by atomic mass is 9.97. The maximum absolute atomic E-state index is 12.4. The van der Waals surface area contributed by atoms with Gasteiger partial charge in [-0.2, -0.15) is 0 Å². The topological polar surface area (TPSA) is 52.6 Å². The van der Waals surface area contributed by atoms with E-state index in [1.807, 2.05) is 38.4 Å². The lowest BCUT2D eigenvalue weighted by Crippen LogP contribution is -2.43. The van der Waals surface area contributed by atoms with Crippen molar-refractivity contribution in [2.24, 2.45) is 5.92 Å². The molecule has 0 aromatic heterocycles. The van der Waals surface area contributed by atoms with Crippen LogP contribution in [0.3, 0.4) is 0 Å². The Labute approximate surface area is 140 Å². The monoisotopic (exact) mass is 320 g/mol. The lowest BCUT2D eigenvalue weighted by molar-refractivity contribution is 0.0714. The van der Waals surface area contributed by atoms with Gasteiger partial charge in [-0.05, 0) is 64.4 Å². The SMILES string of the molecule is CC(C)[C@@H](CNC(=O)c1cccc(CCC(C)(C)O)c1)N(C)C. The molecule has 4 heteroatoms. The van der Waals surface area contributed by atoms with Crippen molar-refractivity contribution in [2.45, 2.75) is 52.2 Å². The number of benzene rings is 1. The zero-order chi connectivity index (χ0) is 17.6. The highest BCUT2D eigenvalue weighted by atomic mass is 16.3. The number of nitrogens with zero attached hydrogens (tertiary/aromatic N) is 1. The van der Waals surface area contributed by atoms with Gasteiger partial charge in [0.25, 0.3) is 5.91 Å². The van der Waals surface area contributed by atoms with Crippen molar-refractivity contribution in [3.63, 3.8) is 0 Å². The predicted molar refractivity (Wildman–Crippen MR) is 95.7 cm³/mol. The van der Waals surface area contributed by atoms with Gasteiger partial charge in [-0.1, -0.05) is 26.0 Å². The number of hydrogen-bond donors (Lipinski definition) is 2. The molecular weight excluding hydrogens is 288 g/mol. The molecule has 0 bridgehead atoms. The second-order valence-electron chi connectivity index (χ2n) is 7.50. The molecule has 1 amide bonds. The molecule has 1 aromatic carbocycles. The fourth-order valence-corrected chi connectivity index (χ4v) is 2.63. The highest BCUT2D eigenvalue weighted by Gasteiger charge is 2.17. The van der Waals surface area contributed by atoms with Gasteiger partial charge in [0.15, 0.2) is 0 Å². The molecule has 1 aromatic rings. The van der Waals surface area contributed by atoms with Crippen LogP contribution in [-0.2, 0) is 6.42 Å². The molecule has 0 radical (unpaired) electrons. The van der Waals surface area contributed by atoms with E-state index in [-0.39, 0.29) is 5.91 Å². The van der Waals surface area contributed by atoms with Crippen molar-refractivity contribution < 1.29 is 9.90 Å². The van der Waals surface area contributed by atoms with Crippen molar-refractivity contribution in [2.75, 3.05) is 20.6 Å². The van der Waals surface area contributed by atoms with Gasteiger partial charge in [-0.15, -0.1) is 0 Å². The van der Waals surface area contributed by atoms with Crippen molar-refractivity contribution in [3.05, 3.63) is 35.4 Å². The lowest BCUT2D eigenvalue weighted by Gasteiger charge is -2.28. The Morgan fingerprint density at radius 2 is 1.96 bits per heavy atom. The smallest absolute Gasteiger partial charge is 0.251 e. The summed E-state index contributed by atoms with van der Waals surface area (Å²) < 4.78 is 0. The van der Waals surface area contributed by atoms with Crippen LogP contribution < -0.4 is 5.32 Å². The Hall–Kier alpha value is -1.39. The summed E-state index contributed by atoms with van der Waals surface area (Å²) in [7, 11) is 4.07. The number of aryl methyl sites for hydroxylation is 1. The first kappa shape index (κ1) is 19.7. The van der Waals surface area contributed by atoms with Crippen molar-refractivity contribution >= 4 is 5.91 Å². The molecule has 0 saturated heterocycles. The number of hydrogen-bond acceptors (Lipinski definition) is 3. The van der Waals surface area contributed by atoms with Gasteiger partial charge in [0, 0.05) is 18.2 Å². The molecule has 0 aliphatic rings. The molecule has 0 unspecified atom stereocenters. The Morgan fingerprint density at radius 1 is 1.30 bits per heavy atom. The van der Waals surface area contributed by atoms with Gasteiger partial charge in [-0.25, -0.2) is 0 Å². The second-order valence-corrected chi connectivity index (χ2v) is 7.50. The zero-order valence-corrected chi connectivity index (χ0v) is 15.4. The molecule has 0 fully saturated rings. The molecule has 130 valence electrons. The molecular formula is C19H32N2O2. The summed E-state index contributed by atoms with van der Waals surface area (Å²) in [6.07, 6.45) is 1.44. The number of rotatable bonds is 8. The number of aliphatic hydroxyl groups is 1. The van der Waals surface area contributed by atoms with Crippen LogP contribution in [0, 0.1) is 5.92 Å². The second kappa shape index (κ2) is 8.46. The van der Waals surface area contributed by atoms with Crippen LogP contribution >= 0.6 is 0 Å². The van der Waals surface area contributed by atoms with Gasteiger partial charge >= 0.3 is 0 Å². The summed E-state index contributed by atoms with van der Waals surface area (Å²) in [6, 6.07) is 7.97. The first-order valence-electron chi connectivity index (χ1n) is 8.36. The number of likely N-dealkylation sites (N-methyl/N-ethyl adjacent to an activating group) is 1. The van der Waals surface area contributed by atoms with Crippen LogP contribution in [-0.4, -0.2) is 48.2 Å². The Morgan fingerprint density at radius 3 is 2.48 bits per heavy atom. The maximum atomic E-state index is 12.4. The summed E-state index contributed by atoms with van der Waals surface area (Å²) in [5.41, 5.74) is 1.07. The highest BCUT2D eigenvalue weighted by molar-refractivity contribution is 5.94. The van der Waals surface area contributed by atoms with E-state index >= 15 is 0 Å². The van der Waals surface area contributed by atoms with E-state index in [0.717, 1.165) is 12.0 Å². The zero-order valence-electron chi connectivity index (χ0n) is 15.4. The number of amides is 1. The standard InChI is InChI=1S/C19H32N2O2/c1-14(2)17(21(5)6)13-20-18(22)16-9-7-8-15(12-16)10-11-19(3,4)23/h7-9,12,14,17,23H,10-11,13H2,1-6H3,(H,20,22)/t17-/m1/s1. The van der Waals surface area contributed by atoms with Crippen molar-refractivity contribution in [1.29, 1.82) is 0 Å². The molecule has 0 spiro atoms. The predicted octanol–water partition coefficient (Wildman–Crippen LogP) is 2.71. The summed E-state index contributed by atoms with van der Waals surface area (Å²) in [4.78, 5) is 14.5. The number of nitrogens with one attached hydrogen (secondary N) is 1. The third-order valence-electron chi connectivity index (χ3n) is 4.12. The molecule has 0 heterocycles. The van der Waals surface area contributed by atoms with Gasteiger partial charge in [0.1, 0.15) is 0 Å². The molecule has 1 rings (SSSR count). The number of carbonyl (C=O) groups is 1. The van der Waals surface area contributed by atoms with Gasteiger partial charge in [-0.3, -0.25) is 4.79 Å². The minimum atomic E-state index is -0.686. The highest BCUT2D eigenvalue weighted by Crippen LogP contribution is 2.14. The largest absolute Gasteiger partial charge is 0.390 e. The summed E-state index contributed by atoms with van der Waals surface area (Å²) in [5, 5.41) is 12.9. The van der Waals surface area contributed by atoms with Crippen LogP contribution in [0.25, 0.3) is 0 Å². The fraction of sp³-hybridized carbons (Fsp3) is 0.632. The van der Waals surface area contributed by atoms with E-state index in [4.69, 9.17) is 0 Å². The quantitative estimate of drug-likeness (QED) is 0.774.